The number of fused-ring (bicyclic) bond motifs is 1. The summed E-state index contributed by atoms with van der Waals surface area (Å²) in [5.41, 5.74) is -0.189. The molecule has 2 aliphatic rings. The Hall–Kier alpha value is -5.02. The number of hydrogen-bond donors (Lipinski definition) is 2. The van der Waals surface area contributed by atoms with E-state index in [0.717, 1.165) is 17.0 Å². The summed E-state index contributed by atoms with van der Waals surface area (Å²) in [6.45, 7) is 2.13. The molecule has 0 radical (unpaired) electrons. The van der Waals surface area contributed by atoms with E-state index in [9.17, 15) is 19.2 Å². The molecule has 0 bridgehead atoms. The minimum absolute atomic E-state index is 0.0232. The van der Waals surface area contributed by atoms with Gasteiger partial charge in [0.05, 0.1) is 25.9 Å². The van der Waals surface area contributed by atoms with Gasteiger partial charge in [-0.3, -0.25) is 18.9 Å². The lowest BCUT2D eigenvalue weighted by molar-refractivity contribution is -0.133. The van der Waals surface area contributed by atoms with Crippen LogP contribution in [0.4, 0.5) is 29.7 Å². The number of alkyl carbamates (subject to hydrolysis) is 1. The smallest absolute Gasteiger partial charge is 0.414 e. The van der Waals surface area contributed by atoms with Crippen molar-refractivity contribution in [3.63, 3.8) is 0 Å². The van der Waals surface area contributed by atoms with Crippen LogP contribution in [0.5, 0.6) is 0 Å². The third kappa shape index (κ3) is 5.87. The van der Waals surface area contributed by atoms with Crippen molar-refractivity contribution in [2.24, 2.45) is 0 Å². The van der Waals surface area contributed by atoms with Crippen LogP contribution in [0.2, 0.25) is 0 Å². The van der Waals surface area contributed by atoms with Gasteiger partial charge >= 0.3 is 12.2 Å². The number of carbonyl (C=O) groups excluding carboxylic acids is 4. The number of ether oxygens (including phenoxy) is 2. The van der Waals surface area contributed by atoms with Crippen molar-refractivity contribution in [2.45, 2.75) is 19.1 Å². The number of methoxy groups -OCH3 is 1. The van der Waals surface area contributed by atoms with Crippen LogP contribution in [0.25, 0.3) is 5.78 Å². The molecule has 2 saturated heterocycles. The lowest BCUT2D eigenvalue weighted by Gasteiger charge is -2.37. The Morgan fingerprint density at radius 1 is 1.17 bits per heavy atom. The second kappa shape index (κ2) is 11.8. The monoisotopic (exact) mass is 586 g/mol. The Bertz CT molecular complexity index is 1470. The van der Waals surface area contributed by atoms with Gasteiger partial charge in [-0.2, -0.15) is 0 Å². The van der Waals surface area contributed by atoms with Gasteiger partial charge in [0.15, 0.2) is 11.6 Å². The van der Waals surface area contributed by atoms with Gasteiger partial charge in [-0.1, -0.05) is 0 Å². The molecule has 1 unspecified atom stereocenters. The Morgan fingerprint density at radius 3 is 2.55 bits per heavy atom. The molecular weight excluding hydrogens is 558 g/mol. The molecule has 2 N–H and O–H groups in total. The van der Waals surface area contributed by atoms with E-state index >= 15 is 8.78 Å². The first-order valence-corrected chi connectivity index (χ1v) is 13.1. The molecule has 0 aliphatic carbocycles. The molecule has 42 heavy (non-hydrogen) atoms. The molecule has 1 aromatic carbocycles. The summed E-state index contributed by atoms with van der Waals surface area (Å²) in [7, 11) is 1.19. The highest BCUT2D eigenvalue weighted by Gasteiger charge is 2.35. The summed E-state index contributed by atoms with van der Waals surface area (Å²) >= 11 is 0. The first-order chi connectivity index (χ1) is 20.1. The van der Waals surface area contributed by atoms with Gasteiger partial charge in [0.1, 0.15) is 23.5 Å². The highest BCUT2D eigenvalue weighted by atomic mass is 19.1. The van der Waals surface area contributed by atoms with E-state index in [1.807, 2.05) is 0 Å². The summed E-state index contributed by atoms with van der Waals surface area (Å²) in [5.74, 6) is -2.28. The van der Waals surface area contributed by atoms with E-state index in [1.54, 1.807) is 29.8 Å². The maximum absolute atomic E-state index is 15.2. The zero-order valence-electron chi connectivity index (χ0n) is 22.8. The van der Waals surface area contributed by atoms with Crippen LogP contribution >= 0.6 is 0 Å². The molecule has 0 saturated carbocycles. The van der Waals surface area contributed by atoms with E-state index in [2.05, 4.69) is 25.3 Å². The molecule has 14 nitrogen and oxygen atoms in total. The number of carbonyl (C=O) groups is 4. The van der Waals surface area contributed by atoms with Crippen molar-refractivity contribution >= 4 is 41.2 Å². The van der Waals surface area contributed by atoms with Gasteiger partial charge in [-0.25, -0.2) is 28.3 Å². The first kappa shape index (κ1) is 28.5. The van der Waals surface area contributed by atoms with E-state index < -0.39 is 41.9 Å². The number of anilines is 2. The number of hydrogen-bond acceptors (Lipinski definition) is 9. The van der Waals surface area contributed by atoms with Crippen LogP contribution < -0.4 is 20.4 Å². The van der Waals surface area contributed by atoms with E-state index in [-0.39, 0.29) is 62.2 Å². The number of nitrogens with zero attached hydrogens (tertiary/aromatic N) is 6. The van der Waals surface area contributed by atoms with Gasteiger partial charge in [-0.05, 0) is 13.0 Å². The van der Waals surface area contributed by atoms with Gasteiger partial charge in [0.25, 0.3) is 5.91 Å². The summed E-state index contributed by atoms with van der Waals surface area (Å²) in [6.07, 6.45) is 2.53. The molecule has 2 atom stereocenters. The quantitative estimate of drug-likeness (QED) is 0.416. The molecule has 3 aromatic rings. The minimum atomic E-state index is -0.878. The molecule has 5 rings (SSSR count). The van der Waals surface area contributed by atoms with Gasteiger partial charge in [0, 0.05) is 56.9 Å². The van der Waals surface area contributed by atoms with E-state index in [4.69, 9.17) is 4.74 Å². The average molecular weight is 587 g/mol. The minimum Gasteiger partial charge on any atom is -0.453 e. The van der Waals surface area contributed by atoms with Crippen LogP contribution in [-0.4, -0.2) is 102 Å². The van der Waals surface area contributed by atoms with Crippen LogP contribution in [-0.2, 0) is 14.3 Å². The number of cyclic esters (lactones) is 1. The van der Waals surface area contributed by atoms with Crippen molar-refractivity contribution in [2.75, 3.05) is 56.2 Å². The largest absolute Gasteiger partial charge is 0.453 e. The fourth-order valence-corrected chi connectivity index (χ4v) is 4.81. The third-order valence-corrected chi connectivity index (χ3v) is 6.94. The number of aromatic nitrogens is 3. The zero-order valence-corrected chi connectivity index (χ0v) is 22.8. The summed E-state index contributed by atoms with van der Waals surface area (Å²) in [6, 6.07) is 2.92. The fraction of sp³-hybridized carbons (Fsp3) is 0.385. The number of piperazine rings is 1. The van der Waals surface area contributed by atoms with Gasteiger partial charge < -0.3 is 29.9 Å². The van der Waals surface area contributed by atoms with Crippen molar-refractivity contribution in [3.8, 4) is 0 Å². The average Bonchev–Trinajstić information content (AvgIpc) is 3.59. The van der Waals surface area contributed by atoms with Crippen molar-refractivity contribution in [1.29, 1.82) is 0 Å². The van der Waals surface area contributed by atoms with Crippen LogP contribution in [0.15, 0.2) is 36.8 Å². The number of halogens is 2. The highest BCUT2D eigenvalue weighted by molar-refractivity contribution is 5.96. The van der Waals surface area contributed by atoms with E-state index in [1.165, 1.54) is 23.1 Å². The Labute approximate surface area is 238 Å². The Morgan fingerprint density at radius 2 is 1.88 bits per heavy atom. The maximum Gasteiger partial charge on any atom is 0.414 e. The second-order valence-electron chi connectivity index (χ2n) is 9.71. The molecular formula is C26H28F2N8O6. The van der Waals surface area contributed by atoms with Crippen LogP contribution in [0.3, 0.4) is 0 Å². The Kier molecular flexibility index (Phi) is 8.04. The standard InChI is InChI=1S/C26H28F2N8O6/c1-15(31-22(37)20-14-35-5-3-4-29-24(35)32-20)23(38)34-8-6-33(7-9-34)21-18(27)10-16(11-19(21)28)36-13-17(42-26(36)40)12-30-25(39)41-2/h3-5,10-11,14-15,17H,6-9,12-13H2,1-2H3,(H,30,39)(H,31,37)/t15-,17?/m1/s1. The van der Waals surface area contributed by atoms with Crippen molar-refractivity contribution in [3.05, 3.63) is 54.1 Å². The topological polar surface area (TPSA) is 151 Å². The summed E-state index contributed by atoms with van der Waals surface area (Å²) in [4.78, 5) is 61.4. The van der Waals surface area contributed by atoms with Gasteiger partial charge in [0.2, 0.25) is 11.7 Å². The number of benzene rings is 1. The zero-order chi connectivity index (χ0) is 30.0. The predicted molar refractivity (Wildman–Crippen MR) is 143 cm³/mol. The number of rotatable bonds is 7. The molecule has 2 aromatic heterocycles. The third-order valence-electron chi connectivity index (χ3n) is 6.94. The van der Waals surface area contributed by atoms with E-state index in [0.29, 0.717) is 5.78 Å². The Balaban J connectivity index is 1.17. The number of imidazole rings is 1. The summed E-state index contributed by atoms with van der Waals surface area (Å²) in [5, 5.41) is 5.04. The van der Waals surface area contributed by atoms with Crippen molar-refractivity contribution < 1.29 is 37.4 Å². The van der Waals surface area contributed by atoms with Crippen LogP contribution in [0, 0.1) is 11.6 Å². The molecule has 0 spiro atoms. The normalized spacial score (nSPS) is 17.7. The molecule has 2 aliphatic heterocycles. The molecule has 4 amide bonds. The lowest BCUT2D eigenvalue weighted by Crippen LogP contribution is -2.54. The second-order valence-corrected chi connectivity index (χ2v) is 9.71. The number of nitrogens with one attached hydrogen (secondary N) is 2. The predicted octanol–water partition coefficient (Wildman–Crippen LogP) is 1.16. The van der Waals surface area contributed by atoms with Crippen LogP contribution in [0.1, 0.15) is 17.4 Å². The molecule has 4 heterocycles. The summed E-state index contributed by atoms with van der Waals surface area (Å²) < 4.78 is 41.5. The molecule has 222 valence electrons. The van der Waals surface area contributed by atoms with Crippen molar-refractivity contribution in [1.82, 2.24) is 29.9 Å². The first-order valence-electron chi connectivity index (χ1n) is 13.1. The number of amides is 4. The fourth-order valence-electron chi connectivity index (χ4n) is 4.81. The maximum atomic E-state index is 15.2. The molecule has 16 heteroatoms. The molecule has 2 fully saturated rings. The SMILES string of the molecule is COC(=O)NCC1CN(c2cc(F)c(N3CCN(C(=O)[C@@H](C)NC(=O)c4cn5cccnc5n4)CC3)c(F)c2)C(=O)O1. The highest BCUT2D eigenvalue weighted by Crippen LogP contribution is 2.31. The van der Waals surface area contributed by atoms with Gasteiger partial charge in [-0.15, -0.1) is 0 Å². The lowest BCUT2D eigenvalue weighted by atomic mass is 10.1.